The molecule has 0 aromatic heterocycles. The second kappa shape index (κ2) is 11.8. The number of hydrogen-bond acceptors (Lipinski definition) is 8. The lowest BCUT2D eigenvalue weighted by molar-refractivity contribution is -0.118. The normalized spacial score (nSPS) is 13.2. The number of nitriles is 2. The summed E-state index contributed by atoms with van der Waals surface area (Å²) in [5.41, 5.74) is 2.71. The van der Waals surface area contributed by atoms with Crippen LogP contribution in [-0.4, -0.2) is 25.4 Å². The molecule has 2 amide bonds. The van der Waals surface area contributed by atoms with Crippen molar-refractivity contribution in [1.29, 1.82) is 10.5 Å². The van der Waals surface area contributed by atoms with E-state index >= 15 is 0 Å². The molecule has 40 heavy (non-hydrogen) atoms. The van der Waals surface area contributed by atoms with Gasteiger partial charge >= 0.3 is 0 Å². The summed E-state index contributed by atoms with van der Waals surface area (Å²) < 4.78 is 21.2. The van der Waals surface area contributed by atoms with Crippen molar-refractivity contribution in [3.05, 3.63) is 94.1 Å². The van der Waals surface area contributed by atoms with Gasteiger partial charge in [0.15, 0.2) is 23.0 Å². The Kier molecular flexibility index (Phi) is 7.61. The van der Waals surface area contributed by atoms with Gasteiger partial charge in [-0.3, -0.25) is 9.59 Å². The molecular formula is C30H22N4O6. The fourth-order valence-electron chi connectivity index (χ4n) is 4.04. The molecule has 0 bridgehead atoms. The fourth-order valence-corrected chi connectivity index (χ4v) is 4.04. The van der Waals surface area contributed by atoms with Crippen LogP contribution >= 0.6 is 0 Å². The summed E-state index contributed by atoms with van der Waals surface area (Å²) in [5, 5.41) is 24.5. The van der Waals surface area contributed by atoms with Crippen molar-refractivity contribution in [3.63, 3.8) is 0 Å². The van der Waals surface area contributed by atoms with Gasteiger partial charge in [0.1, 0.15) is 23.3 Å². The van der Waals surface area contributed by atoms with E-state index in [0.717, 1.165) is 11.1 Å². The second-order valence-electron chi connectivity index (χ2n) is 8.75. The lowest BCUT2D eigenvalue weighted by Crippen LogP contribution is -2.25. The fraction of sp³-hybridized carbons (Fsp3) is 0.133. The van der Waals surface area contributed by atoms with Crippen LogP contribution in [0.25, 0.3) is 12.2 Å². The summed E-state index contributed by atoms with van der Waals surface area (Å²) in [4.78, 5) is 25.3. The summed E-state index contributed by atoms with van der Waals surface area (Å²) in [7, 11) is 0. The van der Waals surface area contributed by atoms with Gasteiger partial charge in [-0.15, -0.1) is 0 Å². The van der Waals surface area contributed by atoms with Crippen LogP contribution in [0.5, 0.6) is 23.0 Å². The first-order valence-corrected chi connectivity index (χ1v) is 12.2. The monoisotopic (exact) mass is 534 g/mol. The Labute approximate surface area is 229 Å². The molecule has 3 aromatic rings. The Morgan fingerprint density at radius 1 is 0.675 bits per heavy atom. The zero-order valence-electron chi connectivity index (χ0n) is 21.1. The first-order valence-electron chi connectivity index (χ1n) is 12.2. The summed E-state index contributed by atoms with van der Waals surface area (Å²) in [6.45, 7) is 0.616. The van der Waals surface area contributed by atoms with Crippen LogP contribution in [0.4, 0.5) is 0 Å². The third kappa shape index (κ3) is 6.04. The second-order valence-corrected chi connectivity index (χ2v) is 8.75. The summed E-state index contributed by atoms with van der Waals surface area (Å²) in [6.07, 6.45) is 2.96. The smallest absolute Gasteiger partial charge is 0.262 e. The molecule has 5 rings (SSSR count). The zero-order chi connectivity index (χ0) is 27.9. The number of carbonyl (C=O) groups excluding carboxylic acids is 2. The number of fused-ring (bicyclic) bond motifs is 2. The number of amides is 2. The highest BCUT2D eigenvalue weighted by molar-refractivity contribution is 6.02. The largest absolute Gasteiger partial charge is 0.454 e. The maximum absolute atomic E-state index is 12.6. The standard InChI is InChI=1S/C30H22N4O6/c31-13-23(9-19-4-6-25-27(11-19)39-17-37-25)29(35)33-15-21-2-1-3-22(8-21)16-34-30(36)24(14-32)10-20-5-7-26-28(12-20)40-18-38-26/h1-12H,15-18H2,(H,33,35)(H,34,36). The molecule has 0 saturated heterocycles. The zero-order valence-corrected chi connectivity index (χ0v) is 21.1. The molecule has 0 fully saturated rings. The Balaban J connectivity index is 1.17. The van der Waals surface area contributed by atoms with Crippen LogP contribution in [-0.2, 0) is 22.7 Å². The highest BCUT2D eigenvalue weighted by Gasteiger charge is 2.16. The average molecular weight is 535 g/mol. The molecule has 0 saturated carbocycles. The van der Waals surface area contributed by atoms with Crippen LogP contribution in [0.3, 0.4) is 0 Å². The van der Waals surface area contributed by atoms with E-state index in [1.54, 1.807) is 42.5 Å². The maximum Gasteiger partial charge on any atom is 0.262 e. The summed E-state index contributed by atoms with van der Waals surface area (Å²) >= 11 is 0. The number of carbonyl (C=O) groups is 2. The quantitative estimate of drug-likeness (QED) is 0.330. The van der Waals surface area contributed by atoms with Crippen molar-refractivity contribution in [3.8, 4) is 35.1 Å². The van der Waals surface area contributed by atoms with Crippen LogP contribution < -0.4 is 29.6 Å². The minimum absolute atomic E-state index is 0.0550. The Hall–Kier alpha value is -5.74. The van der Waals surface area contributed by atoms with Gasteiger partial charge in [-0.25, -0.2) is 0 Å². The first-order chi connectivity index (χ1) is 19.5. The molecule has 0 unspecified atom stereocenters. The molecule has 2 aliphatic heterocycles. The lowest BCUT2D eigenvalue weighted by atomic mass is 10.1. The molecule has 2 N–H and O–H groups in total. The molecular weight excluding hydrogens is 512 g/mol. The topological polar surface area (TPSA) is 143 Å². The van der Waals surface area contributed by atoms with Gasteiger partial charge in [0, 0.05) is 13.1 Å². The molecule has 0 radical (unpaired) electrons. The van der Waals surface area contributed by atoms with Gasteiger partial charge in [-0.2, -0.15) is 10.5 Å². The van der Waals surface area contributed by atoms with E-state index in [4.69, 9.17) is 18.9 Å². The molecule has 0 spiro atoms. The van der Waals surface area contributed by atoms with Crippen LogP contribution in [0, 0.1) is 22.7 Å². The molecule has 2 heterocycles. The minimum atomic E-state index is -0.522. The van der Waals surface area contributed by atoms with E-state index < -0.39 is 11.8 Å². The van der Waals surface area contributed by atoms with Crippen LogP contribution in [0.15, 0.2) is 71.8 Å². The molecule has 0 aliphatic carbocycles. The molecule has 0 atom stereocenters. The van der Waals surface area contributed by atoms with E-state index in [-0.39, 0.29) is 37.8 Å². The van der Waals surface area contributed by atoms with Crippen molar-refractivity contribution in [1.82, 2.24) is 10.6 Å². The number of nitrogens with one attached hydrogen (secondary N) is 2. The first kappa shape index (κ1) is 25.9. The molecule has 10 nitrogen and oxygen atoms in total. The van der Waals surface area contributed by atoms with Gasteiger partial charge in [-0.1, -0.05) is 36.4 Å². The van der Waals surface area contributed by atoms with E-state index in [0.29, 0.717) is 34.1 Å². The Morgan fingerprint density at radius 3 is 1.57 bits per heavy atom. The van der Waals surface area contributed by atoms with Crippen molar-refractivity contribution < 1.29 is 28.5 Å². The van der Waals surface area contributed by atoms with E-state index in [2.05, 4.69) is 10.6 Å². The molecule has 3 aromatic carbocycles. The number of hydrogen-bond donors (Lipinski definition) is 2. The van der Waals surface area contributed by atoms with Gasteiger partial charge in [0.25, 0.3) is 11.8 Å². The molecule has 10 heteroatoms. The highest BCUT2D eigenvalue weighted by Crippen LogP contribution is 2.34. The minimum Gasteiger partial charge on any atom is -0.454 e. The van der Waals surface area contributed by atoms with Crippen LogP contribution in [0.1, 0.15) is 22.3 Å². The maximum atomic E-state index is 12.6. The van der Waals surface area contributed by atoms with Crippen LogP contribution in [0.2, 0.25) is 0 Å². The van der Waals surface area contributed by atoms with Crippen molar-refractivity contribution >= 4 is 24.0 Å². The SMILES string of the molecule is N#CC(=Cc1ccc2c(c1)OCO2)C(=O)NCc1cccc(CNC(=O)C(C#N)=Cc2ccc3c(c2)OCO3)c1. The van der Waals surface area contributed by atoms with Crippen molar-refractivity contribution in [2.45, 2.75) is 13.1 Å². The molecule has 198 valence electrons. The summed E-state index contributed by atoms with van der Waals surface area (Å²) in [5.74, 6) is 1.29. The molecule has 2 aliphatic rings. The Morgan fingerprint density at radius 2 is 1.12 bits per heavy atom. The highest BCUT2D eigenvalue weighted by atomic mass is 16.7. The predicted molar refractivity (Wildman–Crippen MR) is 142 cm³/mol. The number of benzene rings is 3. The number of nitrogens with zero attached hydrogens (tertiary/aromatic N) is 2. The number of rotatable bonds is 8. The lowest BCUT2D eigenvalue weighted by Gasteiger charge is -2.09. The van der Waals surface area contributed by atoms with E-state index in [9.17, 15) is 20.1 Å². The van der Waals surface area contributed by atoms with Crippen molar-refractivity contribution in [2.24, 2.45) is 0 Å². The average Bonchev–Trinajstić information content (AvgIpc) is 3.65. The van der Waals surface area contributed by atoms with Gasteiger partial charge in [-0.05, 0) is 58.7 Å². The Bertz CT molecular complexity index is 1510. The van der Waals surface area contributed by atoms with Crippen molar-refractivity contribution in [2.75, 3.05) is 13.6 Å². The van der Waals surface area contributed by atoms with Gasteiger partial charge < -0.3 is 29.6 Å². The third-order valence-electron chi connectivity index (χ3n) is 6.04. The third-order valence-corrected chi connectivity index (χ3v) is 6.04. The van der Waals surface area contributed by atoms with E-state index in [1.165, 1.54) is 12.2 Å². The van der Waals surface area contributed by atoms with Gasteiger partial charge in [0.05, 0.1) is 0 Å². The van der Waals surface area contributed by atoms with Gasteiger partial charge in [0.2, 0.25) is 13.6 Å². The predicted octanol–water partition coefficient (Wildman–Crippen LogP) is 3.59. The van der Waals surface area contributed by atoms with E-state index in [1.807, 2.05) is 30.3 Å². The number of ether oxygens (including phenoxy) is 4. The summed E-state index contributed by atoms with van der Waals surface area (Å²) in [6, 6.07) is 21.4.